The van der Waals surface area contributed by atoms with Crippen LogP contribution in [0.1, 0.15) is 36.1 Å². The number of nitrogens with zero attached hydrogens (tertiary/aromatic N) is 3. The van der Waals surface area contributed by atoms with Gasteiger partial charge in [0.05, 0.1) is 18.3 Å². The molecule has 5 heteroatoms. The lowest BCUT2D eigenvalue weighted by molar-refractivity contribution is 0.0998. The molecule has 0 amide bonds. The first-order chi connectivity index (χ1) is 7.65. The van der Waals surface area contributed by atoms with E-state index in [4.69, 9.17) is 5.73 Å². The maximum Gasteiger partial charge on any atom is 0.196 e. The monoisotopic (exact) mass is 218 g/mol. The second-order valence-electron chi connectivity index (χ2n) is 3.93. The van der Waals surface area contributed by atoms with Gasteiger partial charge in [-0.2, -0.15) is 0 Å². The molecule has 2 aromatic heterocycles. The van der Waals surface area contributed by atoms with Crippen LogP contribution in [0.2, 0.25) is 0 Å². The highest BCUT2D eigenvalue weighted by Gasteiger charge is 2.17. The van der Waals surface area contributed by atoms with Gasteiger partial charge in [-0.15, -0.1) is 0 Å². The second-order valence-corrected chi connectivity index (χ2v) is 3.93. The molecule has 0 atom stereocenters. The van der Waals surface area contributed by atoms with Gasteiger partial charge in [-0.3, -0.25) is 14.2 Å². The summed E-state index contributed by atoms with van der Waals surface area (Å²) in [5, 5.41) is 0. The van der Waals surface area contributed by atoms with Crippen molar-refractivity contribution in [3.05, 3.63) is 30.1 Å². The molecule has 0 aromatic carbocycles. The fourth-order valence-electron chi connectivity index (χ4n) is 1.67. The Balaban J connectivity index is 2.71. The normalized spacial score (nSPS) is 11.2. The molecule has 16 heavy (non-hydrogen) atoms. The zero-order valence-corrected chi connectivity index (χ0v) is 9.34. The van der Waals surface area contributed by atoms with E-state index in [-0.39, 0.29) is 18.2 Å². The smallest absolute Gasteiger partial charge is 0.196 e. The average Bonchev–Trinajstić information content (AvgIpc) is 2.67. The molecular formula is C11H14N4O. The zero-order valence-electron chi connectivity index (χ0n) is 9.34. The van der Waals surface area contributed by atoms with Crippen LogP contribution in [0.25, 0.3) is 5.52 Å². The van der Waals surface area contributed by atoms with Crippen LogP contribution in [-0.4, -0.2) is 26.7 Å². The summed E-state index contributed by atoms with van der Waals surface area (Å²) in [7, 11) is 0. The Bertz CT molecular complexity index is 530. The van der Waals surface area contributed by atoms with Gasteiger partial charge < -0.3 is 5.73 Å². The molecule has 0 saturated heterocycles. The van der Waals surface area contributed by atoms with E-state index < -0.39 is 0 Å². The van der Waals surface area contributed by atoms with Gasteiger partial charge in [0.1, 0.15) is 11.5 Å². The fourth-order valence-corrected chi connectivity index (χ4v) is 1.67. The Morgan fingerprint density at radius 3 is 2.94 bits per heavy atom. The third-order valence-corrected chi connectivity index (χ3v) is 2.44. The SMILES string of the molecule is CC(C)c1nc(C(=O)CN)c2cnccn12. The minimum absolute atomic E-state index is 0.0287. The van der Waals surface area contributed by atoms with E-state index in [9.17, 15) is 4.79 Å². The van der Waals surface area contributed by atoms with Crippen LogP contribution in [0, 0.1) is 0 Å². The minimum atomic E-state index is -0.155. The van der Waals surface area contributed by atoms with Crippen molar-refractivity contribution in [1.29, 1.82) is 0 Å². The first kappa shape index (κ1) is 10.8. The van der Waals surface area contributed by atoms with Gasteiger partial charge in [-0.25, -0.2) is 4.98 Å². The molecule has 0 bridgehead atoms. The highest BCUT2D eigenvalue weighted by atomic mass is 16.1. The Labute approximate surface area is 93.3 Å². The highest BCUT2D eigenvalue weighted by Crippen LogP contribution is 2.18. The number of rotatable bonds is 3. The topological polar surface area (TPSA) is 73.3 Å². The molecule has 2 N–H and O–H groups in total. The molecule has 0 saturated carbocycles. The van der Waals surface area contributed by atoms with Crippen LogP contribution < -0.4 is 5.73 Å². The van der Waals surface area contributed by atoms with Crippen LogP contribution in [0.5, 0.6) is 0 Å². The number of Topliss-reactive ketones (excluding diaryl/α,β-unsaturated/α-hetero) is 1. The van der Waals surface area contributed by atoms with Crippen LogP contribution in [0.3, 0.4) is 0 Å². The van der Waals surface area contributed by atoms with Gasteiger partial charge in [-0.05, 0) is 0 Å². The number of fused-ring (bicyclic) bond motifs is 1. The summed E-state index contributed by atoms with van der Waals surface area (Å²) in [6, 6.07) is 0. The molecule has 0 spiro atoms. The Kier molecular flexibility index (Phi) is 2.70. The highest BCUT2D eigenvalue weighted by molar-refractivity contribution is 6.01. The van der Waals surface area contributed by atoms with E-state index in [2.05, 4.69) is 9.97 Å². The number of carbonyl (C=O) groups excluding carboxylic acids is 1. The van der Waals surface area contributed by atoms with Crippen molar-refractivity contribution in [2.24, 2.45) is 5.73 Å². The van der Waals surface area contributed by atoms with Crippen LogP contribution in [0.15, 0.2) is 18.6 Å². The van der Waals surface area contributed by atoms with Crippen molar-refractivity contribution in [3.8, 4) is 0 Å². The van der Waals surface area contributed by atoms with Crippen molar-refractivity contribution in [2.45, 2.75) is 19.8 Å². The van der Waals surface area contributed by atoms with E-state index in [0.29, 0.717) is 5.69 Å². The third-order valence-electron chi connectivity index (χ3n) is 2.44. The standard InChI is InChI=1S/C11H14N4O/c1-7(2)11-14-10(9(16)5-12)8-6-13-3-4-15(8)11/h3-4,6-7H,5,12H2,1-2H3. The lowest BCUT2D eigenvalue weighted by atomic mass is 10.2. The second kappa shape index (κ2) is 4.02. The molecule has 84 valence electrons. The van der Waals surface area contributed by atoms with Crippen molar-refractivity contribution in [3.63, 3.8) is 0 Å². The van der Waals surface area contributed by atoms with Crippen LogP contribution in [-0.2, 0) is 0 Å². The predicted octanol–water partition coefficient (Wildman–Crippen LogP) is 0.994. The van der Waals surface area contributed by atoms with Crippen molar-refractivity contribution in [2.75, 3.05) is 6.54 Å². The van der Waals surface area contributed by atoms with Crippen molar-refractivity contribution in [1.82, 2.24) is 14.4 Å². The molecule has 0 radical (unpaired) electrons. The maximum absolute atomic E-state index is 11.6. The van der Waals surface area contributed by atoms with E-state index in [0.717, 1.165) is 11.3 Å². The average molecular weight is 218 g/mol. The predicted molar refractivity (Wildman–Crippen MR) is 60.5 cm³/mol. The minimum Gasteiger partial charge on any atom is -0.324 e. The molecular weight excluding hydrogens is 204 g/mol. The molecule has 2 rings (SSSR count). The molecule has 0 aliphatic carbocycles. The number of aromatic nitrogens is 3. The van der Waals surface area contributed by atoms with Crippen LogP contribution >= 0.6 is 0 Å². The number of nitrogens with two attached hydrogens (primary N) is 1. The Morgan fingerprint density at radius 1 is 1.56 bits per heavy atom. The molecule has 0 unspecified atom stereocenters. The van der Waals surface area contributed by atoms with E-state index in [1.807, 2.05) is 24.4 Å². The zero-order chi connectivity index (χ0) is 11.7. The first-order valence-corrected chi connectivity index (χ1v) is 5.20. The number of ketones is 1. The van der Waals surface area contributed by atoms with Gasteiger partial charge in [0.15, 0.2) is 5.78 Å². The molecule has 0 aliphatic heterocycles. The van der Waals surface area contributed by atoms with E-state index in [1.54, 1.807) is 12.4 Å². The quantitative estimate of drug-likeness (QED) is 0.780. The molecule has 0 fully saturated rings. The van der Waals surface area contributed by atoms with Gasteiger partial charge in [0, 0.05) is 18.3 Å². The maximum atomic E-state index is 11.6. The summed E-state index contributed by atoms with van der Waals surface area (Å²) >= 11 is 0. The lowest BCUT2D eigenvalue weighted by Gasteiger charge is -2.02. The number of carbonyl (C=O) groups is 1. The molecule has 2 heterocycles. The Morgan fingerprint density at radius 2 is 2.31 bits per heavy atom. The summed E-state index contributed by atoms with van der Waals surface area (Å²) in [5.74, 6) is 0.945. The van der Waals surface area contributed by atoms with Crippen molar-refractivity contribution >= 4 is 11.3 Å². The van der Waals surface area contributed by atoms with Crippen molar-refractivity contribution < 1.29 is 4.79 Å². The number of imidazole rings is 1. The molecule has 0 aliphatic rings. The van der Waals surface area contributed by atoms with Gasteiger partial charge in [0.25, 0.3) is 0 Å². The largest absolute Gasteiger partial charge is 0.324 e. The summed E-state index contributed by atoms with van der Waals surface area (Å²) in [4.78, 5) is 20.0. The third kappa shape index (κ3) is 1.59. The van der Waals surface area contributed by atoms with Gasteiger partial charge >= 0.3 is 0 Å². The van der Waals surface area contributed by atoms with E-state index >= 15 is 0 Å². The van der Waals surface area contributed by atoms with Crippen LogP contribution in [0.4, 0.5) is 0 Å². The Hall–Kier alpha value is -1.75. The van der Waals surface area contributed by atoms with Gasteiger partial charge in [0.2, 0.25) is 0 Å². The lowest BCUT2D eigenvalue weighted by Crippen LogP contribution is -2.14. The molecule has 2 aromatic rings. The molecule has 5 nitrogen and oxygen atoms in total. The summed E-state index contributed by atoms with van der Waals surface area (Å²) in [5.41, 5.74) is 6.50. The summed E-state index contributed by atoms with van der Waals surface area (Å²) in [6.45, 7) is 4.04. The summed E-state index contributed by atoms with van der Waals surface area (Å²) in [6.07, 6.45) is 5.13. The van der Waals surface area contributed by atoms with Gasteiger partial charge in [-0.1, -0.05) is 13.8 Å². The summed E-state index contributed by atoms with van der Waals surface area (Å²) < 4.78 is 1.89. The van der Waals surface area contributed by atoms with E-state index in [1.165, 1.54) is 0 Å². The fraction of sp³-hybridized carbons (Fsp3) is 0.364. The first-order valence-electron chi connectivity index (χ1n) is 5.20. The number of hydrogen-bond donors (Lipinski definition) is 1. The number of hydrogen-bond acceptors (Lipinski definition) is 4.